The molecule has 0 fully saturated rings. The first-order valence-corrected chi connectivity index (χ1v) is 6.59. The summed E-state index contributed by atoms with van der Waals surface area (Å²) in [5.74, 6) is 0. The van der Waals surface area contributed by atoms with Crippen molar-refractivity contribution in [1.82, 2.24) is 0 Å². The topological polar surface area (TPSA) is 12.4 Å². The van der Waals surface area contributed by atoms with Gasteiger partial charge >= 0.3 is 0 Å². The molecule has 0 radical (unpaired) electrons. The average Bonchev–Trinajstić information content (AvgIpc) is 2.49. The van der Waals surface area contributed by atoms with Gasteiger partial charge in [0, 0.05) is 34.1 Å². The normalized spacial score (nSPS) is 14.4. The van der Waals surface area contributed by atoms with Crippen LogP contribution in [0, 0.1) is 0 Å². The Kier molecular flexibility index (Phi) is 3.73. The Morgan fingerprint density at radius 3 is 2.94 bits per heavy atom. The highest BCUT2D eigenvalue weighted by Gasteiger charge is 2.13. The molecule has 1 aromatic rings. The van der Waals surface area contributed by atoms with E-state index in [9.17, 15) is 0 Å². The average molecular weight is 231 g/mol. The van der Waals surface area contributed by atoms with Crippen LogP contribution in [0.3, 0.4) is 0 Å². The SMILES string of the molecule is CCCc1sc2c(c1C=NC)C=CCC=C2. The van der Waals surface area contributed by atoms with Crippen molar-refractivity contribution >= 4 is 29.7 Å². The van der Waals surface area contributed by atoms with Crippen LogP contribution in [0.5, 0.6) is 0 Å². The van der Waals surface area contributed by atoms with Gasteiger partial charge in [-0.15, -0.1) is 11.3 Å². The van der Waals surface area contributed by atoms with Crippen LogP contribution in [0.1, 0.15) is 40.6 Å². The van der Waals surface area contributed by atoms with Gasteiger partial charge in [-0.3, -0.25) is 4.99 Å². The fourth-order valence-corrected chi connectivity index (χ4v) is 3.24. The maximum absolute atomic E-state index is 4.18. The zero-order chi connectivity index (χ0) is 11.4. The van der Waals surface area contributed by atoms with E-state index in [1.165, 1.54) is 27.3 Å². The van der Waals surface area contributed by atoms with Gasteiger partial charge in [-0.25, -0.2) is 0 Å². The number of aliphatic imine (C=N–C) groups is 1. The molecule has 0 bridgehead atoms. The second-order valence-corrected chi connectivity index (χ2v) is 5.03. The summed E-state index contributed by atoms with van der Waals surface area (Å²) in [6.07, 6.45) is 14.3. The third-order valence-electron chi connectivity index (χ3n) is 2.65. The Hall–Kier alpha value is -1.15. The molecule has 1 aromatic heterocycles. The van der Waals surface area contributed by atoms with Crippen LogP contribution in [0.2, 0.25) is 0 Å². The second kappa shape index (κ2) is 5.26. The van der Waals surface area contributed by atoms with Crippen LogP contribution < -0.4 is 0 Å². The van der Waals surface area contributed by atoms with E-state index in [1.54, 1.807) is 0 Å². The Bertz CT molecular complexity index is 450. The number of nitrogens with zero attached hydrogens (tertiary/aromatic N) is 1. The van der Waals surface area contributed by atoms with E-state index in [0.717, 1.165) is 12.8 Å². The molecule has 0 atom stereocenters. The van der Waals surface area contributed by atoms with Crippen LogP contribution in [0.25, 0.3) is 12.2 Å². The zero-order valence-corrected chi connectivity index (χ0v) is 10.7. The van der Waals surface area contributed by atoms with Gasteiger partial charge in [0.2, 0.25) is 0 Å². The summed E-state index contributed by atoms with van der Waals surface area (Å²) in [4.78, 5) is 7.03. The molecular formula is C14H17NS. The number of allylic oxidation sites excluding steroid dienone is 2. The molecule has 0 saturated carbocycles. The van der Waals surface area contributed by atoms with Crippen LogP contribution in [0.15, 0.2) is 17.1 Å². The molecule has 2 rings (SSSR count). The largest absolute Gasteiger partial charge is 0.296 e. The molecule has 1 aliphatic rings. The Morgan fingerprint density at radius 2 is 2.19 bits per heavy atom. The highest BCUT2D eigenvalue weighted by Crippen LogP contribution is 2.32. The fraction of sp³-hybridized carbons (Fsp3) is 0.357. The van der Waals surface area contributed by atoms with Crippen molar-refractivity contribution in [2.45, 2.75) is 26.2 Å². The minimum Gasteiger partial charge on any atom is -0.296 e. The summed E-state index contributed by atoms with van der Waals surface area (Å²) in [5.41, 5.74) is 2.68. The lowest BCUT2D eigenvalue weighted by molar-refractivity contribution is 0.938. The lowest BCUT2D eigenvalue weighted by Crippen LogP contribution is -1.89. The molecule has 16 heavy (non-hydrogen) atoms. The minimum atomic E-state index is 1.03. The van der Waals surface area contributed by atoms with Crippen LogP contribution in [-0.4, -0.2) is 13.3 Å². The van der Waals surface area contributed by atoms with Gasteiger partial charge < -0.3 is 0 Å². The van der Waals surface area contributed by atoms with Crippen molar-refractivity contribution in [1.29, 1.82) is 0 Å². The number of hydrogen-bond acceptors (Lipinski definition) is 2. The quantitative estimate of drug-likeness (QED) is 0.692. The molecule has 1 nitrogen and oxygen atoms in total. The van der Waals surface area contributed by atoms with Gasteiger partial charge in [0.05, 0.1) is 0 Å². The van der Waals surface area contributed by atoms with Gasteiger partial charge in [0.25, 0.3) is 0 Å². The van der Waals surface area contributed by atoms with Crippen LogP contribution in [-0.2, 0) is 6.42 Å². The number of rotatable bonds is 3. The predicted octanol–water partition coefficient (Wildman–Crippen LogP) is 4.18. The summed E-state index contributed by atoms with van der Waals surface area (Å²) in [6.45, 7) is 2.23. The van der Waals surface area contributed by atoms with E-state index in [1.807, 2.05) is 24.6 Å². The van der Waals surface area contributed by atoms with Crippen molar-refractivity contribution in [2.24, 2.45) is 4.99 Å². The fourth-order valence-electron chi connectivity index (χ4n) is 1.94. The smallest absolute Gasteiger partial charge is 0.0349 e. The maximum atomic E-state index is 4.18. The predicted molar refractivity (Wildman–Crippen MR) is 74.5 cm³/mol. The van der Waals surface area contributed by atoms with E-state index in [4.69, 9.17) is 0 Å². The van der Waals surface area contributed by atoms with Crippen molar-refractivity contribution < 1.29 is 0 Å². The summed E-state index contributed by atoms with van der Waals surface area (Å²) in [5, 5.41) is 0. The molecule has 0 aliphatic heterocycles. The second-order valence-electron chi connectivity index (χ2n) is 3.89. The van der Waals surface area contributed by atoms with Gasteiger partial charge in [-0.2, -0.15) is 0 Å². The Balaban J connectivity index is 2.53. The number of thiophene rings is 1. The van der Waals surface area contributed by atoms with Gasteiger partial charge in [0.1, 0.15) is 0 Å². The van der Waals surface area contributed by atoms with Crippen molar-refractivity contribution in [2.75, 3.05) is 7.05 Å². The number of aryl methyl sites for hydroxylation is 1. The molecule has 0 saturated heterocycles. The van der Waals surface area contributed by atoms with Crippen molar-refractivity contribution in [3.63, 3.8) is 0 Å². The number of hydrogen-bond donors (Lipinski definition) is 0. The van der Waals surface area contributed by atoms with E-state index < -0.39 is 0 Å². The molecule has 0 unspecified atom stereocenters. The standard InChI is InChI=1S/C14H17NS/c1-3-7-13-12(10-15-2)11-8-5-4-6-9-14(11)16-13/h5-6,8-10H,3-4,7H2,1-2H3. The first-order chi connectivity index (χ1) is 7.86. The third kappa shape index (κ3) is 2.17. The van der Waals surface area contributed by atoms with Crippen molar-refractivity contribution in [3.8, 4) is 0 Å². The summed E-state index contributed by atoms with van der Waals surface area (Å²) in [7, 11) is 1.84. The third-order valence-corrected chi connectivity index (χ3v) is 3.90. The highest BCUT2D eigenvalue weighted by atomic mass is 32.1. The summed E-state index contributed by atoms with van der Waals surface area (Å²) >= 11 is 1.91. The van der Waals surface area contributed by atoms with E-state index in [0.29, 0.717) is 0 Å². The molecular weight excluding hydrogens is 214 g/mol. The molecule has 0 N–H and O–H groups in total. The van der Waals surface area contributed by atoms with Gasteiger partial charge in [-0.1, -0.05) is 31.6 Å². The summed E-state index contributed by atoms with van der Waals surface area (Å²) in [6, 6.07) is 0. The number of fused-ring (bicyclic) bond motifs is 1. The van der Waals surface area contributed by atoms with Gasteiger partial charge in [-0.05, 0) is 18.9 Å². The van der Waals surface area contributed by atoms with Crippen LogP contribution >= 0.6 is 11.3 Å². The minimum absolute atomic E-state index is 1.03. The summed E-state index contributed by atoms with van der Waals surface area (Å²) < 4.78 is 0. The van der Waals surface area contributed by atoms with Gasteiger partial charge in [0.15, 0.2) is 0 Å². The maximum Gasteiger partial charge on any atom is 0.0349 e. The Labute approximate surface area is 101 Å². The Morgan fingerprint density at radius 1 is 1.38 bits per heavy atom. The van der Waals surface area contributed by atoms with Crippen LogP contribution in [0.4, 0.5) is 0 Å². The molecule has 84 valence electrons. The molecule has 0 spiro atoms. The monoisotopic (exact) mass is 231 g/mol. The van der Waals surface area contributed by atoms with E-state index in [2.05, 4.69) is 36.2 Å². The molecule has 0 aromatic carbocycles. The molecule has 2 heteroatoms. The molecule has 0 amide bonds. The molecule has 1 aliphatic carbocycles. The zero-order valence-electron chi connectivity index (χ0n) is 9.86. The lowest BCUT2D eigenvalue weighted by atomic mass is 10.1. The molecule has 1 heterocycles. The van der Waals surface area contributed by atoms with E-state index in [-0.39, 0.29) is 0 Å². The highest BCUT2D eigenvalue weighted by molar-refractivity contribution is 7.13. The first kappa shape index (κ1) is 11.3. The lowest BCUT2D eigenvalue weighted by Gasteiger charge is -1.97. The van der Waals surface area contributed by atoms with E-state index >= 15 is 0 Å². The first-order valence-electron chi connectivity index (χ1n) is 5.77. The van der Waals surface area contributed by atoms with Crippen molar-refractivity contribution in [3.05, 3.63) is 33.0 Å².